The lowest BCUT2D eigenvalue weighted by Crippen LogP contribution is -2.67. The third-order valence-corrected chi connectivity index (χ3v) is 7.79. The molecule has 2 heterocycles. The highest BCUT2D eigenvalue weighted by atomic mass is 16.8. The van der Waals surface area contributed by atoms with Gasteiger partial charge in [0.1, 0.15) is 31.5 Å². The van der Waals surface area contributed by atoms with E-state index in [9.17, 15) is 38.7 Å². The summed E-state index contributed by atoms with van der Waals surface area (Å²) < 4.78 is 56.2. The molecule has 2 aliphatic heterocycles. The third-order valence-electron chi connectivity index (χ3n) is 7.79. The summed E-state index contributed by atoms with van der Waals surface area (Å²) in [4.78, 5) is 87.6. The molecule has 4 rings (SSSR count). The maximum absolute atomic E-state index is 13.3. The number of hydrogen-bond donors (Lipinski definition) is 1. The molecule has 0 bridgehead atoms. The minimum Gasteiger partial charge on any atom is -0.463 e. The van der Waals surface area contributed by atoms with Gasteiger partial charge in [0.15, 0.2) is 43.1 Å². The predicted molar refractivity (Wildman–Crippen MR) is 176 cm³/mol. The van der Waals surface area contributed by atoms with E-state index in [0.29, 0.717) is 0 Å². The summed E-state index contributed by atoms with van der Waals surface area (Å²) in [6.45, 7) is 3.96. The topological polar surface area (TPSA) is 232 Å². The van der Waals surface area contributed by atoms with Crippen LogP contribution in [0.2, 0.25) is 0 Å². The number of ether oxygens (including phenoxy) is 10. The van der Waals surface area contributed by atoms with Crippen molar-refractivity contribution in [3.63, 3.8) is 0 Å². The van der Waals surface area contributed by atoms with Crippen LogP contribution in [-0.2, 0) is 71.3 Å². The Morgan fingerprint density at radius 3 is 1.46 bits per heavy atom. The van der Waals surface area contributed by atoms with Gasteiger partial charge in [0.05, 0.1) is 11.1 Å². The Morgan fingerprint density at radius 2 is 0.944 bits per heavy atom. The summed E-state index contributed by atoms with van der Waals surface area (Å²) in [6.07, 6.45) is -17.1. The minimum absolute atomic E-state index is 0.0405. The van der Waals surface area contributed by atoms with E-state index in [4.69, 9.17) is 47.4 Å². The van der Waals surface area contributed by atoms with Crippen molar-refractivity contribution in [2.75, 3.05) is 13.2 Å². The first-order valence-electron chi connectivity index (χ1n) is 16.6. The number of hydrogen-bond acceptors (Lipinski definition) is 18. The molecule has 0 saturated carbocycles. The van der Waals surface area contributed by atoms with Gasteiger partial charge in [-0.3, -0.25) is 24.0 Å². The van der Waals surface area contributed by atoms with Crippen molar-refractivity contribution in [2.24, 2.45) is 0 Å². The lowest BCUT2D eigenvalue weighted by molar-refractivity contribution is -0.356. The van der Waals surface area contributed by atoms with E-state index >= 15 is 0 Å². The molecular formula is C36H40O18. The SMILES string of the molecule is CC(=O)OC[C@H]1O[C@@H](O[C@@H]2[C@@H](OC(=O)c3ccccc3)[C@@H](O)O[C@H](COC(=O)c3ccccc3)[C@H]2OC(C)=O)[C@H](OC(C)=O)[C@@H](OC(C)=O)[C@@H]1OC(C)=O. The Labute approximate surface area is 308 Å². The number of aliphatic hydroxyl groups excluding tert-OH is 1. The van der Waals surface area contributed by atoms with Crippen molar-refractivity contribution in [1.82, 2.24) is 0 Å². The van der Waals surface area contributed by atoms with E-state index in [2.05, 4.69) is 0 Å². The number of carbonyl (C=O) groups is 7. The fourth-order valence-corrected chi connectivity index (χ4v) is 5.68. The fourth-order valence-electron chi connectivity index (χ4n) is 5.68. The first kappa shape index (κ1) is 41.3. The van der Waals surface area contributed by atoms with Gasteiger partial charge in [0.25, 0.3) is 0 Å². The molecular weight excluding hydrogens is 720 g/mol. The largest absolute Gasteiger partial charge is 0.463 e. The zero-order valence-electron chi connectivity index (χ0n) is 29.8. The molecule has 2 aromatic rings. The molecule has 2 aromatic carbocycles. The van der Waals surface area contributed by atoms with Gasteiger partial charge in [0, 0.05) is 34.6 Å². The van der Waals surface area contributed by atoms with Gasteiger partial charge in [-0.1, -0.05) is 36.4 Å². The Balaban J connectivity index is 1.79. The highest BCUT2D eigenvalue weighted by Crippen LogP contribution is 2.35. The summed E-state index contributed by atoms with van der Waals surface area (Å²) in [5, 5.41) is 11.3. The lowest BCUT2D eigenvalue weighted by Gasteiger charge is -2.48. The normalized spacial score (nSPS) is 27.7. The number of aliphatic hydroxyl groups is 1. The van der Waals surface area contributed by atoms with E-state index in [1.165, 1.54) is 24.3 Å². The second kappa shape index (κ2) is 19.1. The molecule has 0 spiro atoms. The van der Waals surface area contributed by atoms with Crippen LogP contribution in [0.5, 0.6) is 0 Å². The molecule has 54 heavy (non-hydrogen) atoms. The zero-order chi connectivity index (χ0) is 39.5. The number of benzene rings is 2. The highest BCUT2D eigenvalue weighted by Gasteiger charge is 2.57. The summed E-state index contributed by atoms with van der Waals surface area (Å²) >= 11 is 0. The van der Waals surface area contributed by atoms with Crippen molar-refractivity contribution in [2.45, 2.75) is 96.0 Å². The van der Waals surface area contributed by atoms with Gasteiger partial charge in [-0.15, -0.1) is 0 Å². The molecule has 0 aromatic heterocycles. The van der Waals surface area contributed by atoms with E-state index in [0.717, 1.165) is 34.6 Å². The zero-order valence-corrected chi connectivity index (χ0v) is 29.8. The quantitative estimate of drug-likeness (QED) is 0.223. The van der Waals surface area contributed by atoms with Gasteiger partial charge >= 0.3 is 41.8 Å². The number of carbonyl (C=O) groups excluding carboxylic acids is 7. The first-order valence-corrected chi connectivity index (χ1v) is 16.6. The molecule has 18 nitrogen and oxygen atoms in total. The Hall–Kier alpha value is -5.43. The molecule has 10 atom stereocenters. The average molecular weight is 761 g/mol. The maximum Gasteiger partial charge on any atom is 0.338 e. The molecule has 1 N–H and O–H groups in total. The van der Waals surface area contributed by atoms with E-state index in [1.807, 2.05) is 0 Å². The predicted octanol–water partition coefficient (Wildman–Crippen LogP) is 1.19. The first-order chi connectivity index (χ1) is 25.6. The summed E-state index contributed by atoms with van der Waals surface area (Å²) in [7, 11) is 0. The van der Waals surface area contributed by atoms with Crippen LogP contribution in [0, 0.1) is 0 Å². The van der Waals surface area contributed by atoms with E-state index in [1.54, 1.807) is 36.4 Å². The fraction of sp³-hybridized carbons (Fsp3) is 0.472. The van der Waals surface area contributed by atoms with Crippen LogP contribution in [0.15, 0.2) is 60.7 Å². The standard InChI is InChI=1S/C36H40O18/c1-18(37)45-16-26-28(48-20(3)39)30(49-21(4)40)32(50-22(5)41)36(52-26)54-29-27(47-19(2)38)25(17-46-33(42)23-12-8-6-9-13-23)51-35(44)31(29)53-34(43)24-14-10-7-11-15-24/h6-15,25-32,35-36,44H,16-17H2,1-5H3/t25-,26-,27-,28-,29+,30+,31-,32-,35+,36+/m1/s1. The second-order valence-electron chi connectivity index (χ2n) is 12.0. The maximum atomic E-state index is 13.3. The van der Waals surface area contributed by atoms with Crippen LogP contribution in [0.4, 0.5) is 0 Å². The van der Waals surface area contributed by atoms with E-state index < -0.39 is 116 Å². The number of rotatable bonds is 13. The van der Waals surface area contributed by atoms with Crippen molar-refractivity contribution in [1.29, 1.82) is 0 Å². The second-order valence-corrected chi connectivity index (χ2v) is 12.0. The monoisotopic (exact) mass is 760 g/mol. The summed E-state index contributed by atoms with van der Waals surface area (Å²) in [5.74, 6) is -6.21. The van der Waals surface area contributed by atoms with E-state index in [-0.39, 0.29) is 11.1 Å². The molecule has 0 amide bonds. The van der Waals surface area contributed by atoms with Gasteiger partial charge < -0.3 is 52.5 Å². The average Bonchev–Trinajstić information content (AvgIpc) is 3.11. The Kier molecular flexibility index (Phi) is 14.6. The molecule has 0 aliphatic carbocycles. The molecule has 292 valence electrons. The molecule has 2 fully saturated rings. The molecule has 2 aliphatic rings. The Morgan fingerprint density at radius 1 is 0.500 bits per heavy atom. The van der Waals surface area contributed by atoms with Crippen molar-refractivity contribution in [3.8, 4) is 0 Å². The van der Waals surface area contributed by atoms with Gasteiger partial charge in [-0.05, 0) is 24.3 Å². The lowest BCUT2D eigenvalue weighted by atomic mass is 9.96. The minimum atomic E-state index is -2.04. The smallest absolute Gasteiger partial charge is 0.338 e. The molecule has 18 heteroatoms. The van der Waals surface area contributed by atoms with Crippen LogP contribution >= 0.6 is 0 Å². The van der Waals surface area contributed by atoms with Crippen LogP contribution in [0.1, 0.15) is 55.3 Å². The number of esters is 7. The van der Waals surface area contributed by atoms with Crippen molar-refractivity contribution in [3.05, 3.63) is 71.8 Å². The van der Waals surface area contributed by atoms with Gasteiger partial charge in [-0.25, -0.2) is 9.59 Å². The summed E-state index contributed by atoms with van der Waals surface area (Å²) in [5.41, 5.74) is 0.205. The van der Waals surface area contributed by atoms with Crippen LogP contribution in [0.3, 0.4) is 0 Å². The molecule has 2 saturated heterocycles. The Bertz CT molecular complexity index is 1650. The van der Waals surface area contributed by atoms with Crippen molar-refractivity contribution < 1.29 is 86.0 Å². The summed E-state index contributed by atoms with van der Waals surface area (Å²) in [6, 6.07) is 15.4. The van der Waals surface area contributed by atoms with Gasteiger partial charge in [0.2, 0.25) is 0 Å². The van der Waals surface area contributed by atoms with Gasteiger partial charge in [-0.2, -0.15) is 0 Å². The van der Waals surface area contributed by atoms with Crippen LogP contribution in [-0.4, -0.2) is 122 Å². The molecule has 0 radical (unpaired) electrons. The molecule has 0 unspecified atom stereocenters. The van der Waals surface area contributed by atoms with Crippen molar-refractivity contribution >= 4 is 41.8 Å². The highest BCUT2D eigenvalue weighted by molar-refractivity contribution is 5.90. The van der Waals surface area contributed by atoms with Crippen LogP contribution < -0.4 is 0 Å². The third kappa shape index (κ3) is 11.3. The van der Waals surface area contributed by atoms with Crippen LogP contribution in [0.25, 0.3) is 0 Å².